The van der Waals surface area contributed by atoms with Crippen LogP contribution in [0.4, 0.5) is 11.4 Å². The number of carboxylic acids is 1. The third kappa shape index (κ3) is 3.15. The molecule has 0 spiro atoms. The Bertz CT molecular complexity index is 600. The maximum atomic E-state index is 11.3. The number of carbonyl (C=O) groups excluding carboxylic acids is 1. The van der Waals surface area contributed by atoms with Gasteiger partial charge in [-0.05, 0) is 13.8 Å². The van der Waals surface area contributed by atoms with Gasteiger partial charge in [-0.25, -0.2) is 4.79 Å². The molecule has 1 aromatic rings. The zero-order valence-corrected chi connectivity index (χ0v) is 11.4. The second-order valence-corrected chi connectivity index (χ2v) is 4.93. The standard InChI is InChI=1S/C11H12ClN3O5/c1-11(2,10(13)18)14-8-6(9(16)17)3-5(15(19)20)4-7(8)12/h3-4,14H,1-2H3,(H2,13,18)(H,16,17). The predicted octanol–water partition coefficient (Wildman–Crippen LogP) is 1.62. The Hall–Kier alpha value is -2.35. The molecule has 1 aromatic carbocycles. The number of nitrogens with zero attached hydrogens (tertiary/aromatic N) is 1. The van der Waals surface area contributed by atoms with Crippen LogP contribution >= 0.6 is 11.6 Å². The summed E-state index contributed by atoms with van der Waals surface area (Å²) in [5.41, 5.74) is 2.91. The second kappa shape index (κ2) is 5.33. The van der Waals surface area contributed by atoms with Gasteiger partial charge in [0.2, 0.25) is 5.91 Å². The van der Waals surface area contributed by atoms with Crippen LogP contribution in [0, 0.1) is 10.1 Å². The number of carboxylic acid groups (broad SMARTS) is 1. The van der Waals surface area contributed by atoms with E-state index in [-0.39, 0.29) is 10.7 Å². The summed E-state index contributed by atoms with van der Waals surface area (Å²) >= 11 is 5.85. The molecule has 0 saturated heterocycles. The van der Waals surface area contributed by atoms with E-state index in [9.17, 15) is 19.7 Å². The zero-order valence-electron chi connectivity index (χ0n) is 10.6. The number of hydrogen-bond acceptors (Lipinski definition) is 5. The van der Waals surface area contributed by atoms with E-state index >= 15 is 0 Å². The quantitative estimate of drug-likeness (QED) is 0.558. The molecule has 0 aliphatic rings. The molecule has 0 radical (unpaired) electrons. The van der Waals surface area contributed by atoms with Crippen LogP contribution in [-0.2, 0) is 4.79 Å². The highest BCUT2D eigenvalue weighted by molar-refractivity contribution is 6.34. The second-order valence-electron chi connectivity index (χ2n) is 4.53. The van der Waals surface area contributed by atoms with Gasteiger partial charge in [-0.1, -0.05) is 11.6 Å². The van der Waals surface area contributed by atoms with E-state index in [4.69, 9.17) is 22.4 Å². The molecule has 0 saturated carbocycles. The van der Waals surface area contributed by atoms with Gasteiger partial charge in [0.05, 0.1) is 21.2 Å². The molecular formula is C11H12ClN3O5. The highest BCUT2D eigenvalue weighted by atomic mass is 35.5. The average molecular weight is 302 g/mol. The lowest BCUT2D eigenvalue weighted by Crippen LogP contribution is -2.45. The molecule has 0 atom stereocenters. The Kier molecular flexibility index (Phi) is 4.19. The molecule has 9 heteroatoms. The number of benzene rings is 1. The first-order valence-electron chi connectivity index (χ1n) is 5.35. The van der Waals surface area contributed by atoms with Gasteiger partial charge in [-0.3, -0.25) is 14.9 Å². The van der Waals surface area contributed by atoms with Crippen LogP contribution in [0.25, 0.3) is 0 Å². The number of non-ortho nitro benzene ring substituents is 1. The van der Waals surface area contributed by atoms with E-state index in [1.54, 1.807) is 0 Å². The predicted molar refractivity (Wildman–Crippen MR) is 72.0 cm³/mol. The molecule has 1 rings (SSSR count). The number of primary amides is 1. The number of nitro groups is 1. The van der Waals surface area contributed by atoms with Gasteiger partial charge in [0.1, 0.15) is 5.54 Å². The van der Waals surface area contributed by atoms with Crippen molar-refractivity contribution in [1.82, 2.24) is 0 Å². The van der Waals surface area contributed by atoms with Crippen LogP contribution < -0.4 is 11.1 Å². The third-order valence-electron chi connectivity index (χ3n) is 2.57. The minimum absolute atomic E-state index is 0.103. The van der Waals surface area contributed by atoms with E-state index in [0.29, 0.717) is 0 Å². The van der Waals surface area contributed by atoms with Crippen molar-refractivity contribution in [2.75, 3.05) is 5.32 Å². The molecule has 0 heterocycles. The van der Waals surface area contributed by atoms with Crippen molar-refractivity contribution >= 4 is 34.9 Å². The fraction of sp³-hybridized carbons (Fsp3) is 0.273. The number of nitrogens with one attached hydrogen (secondary N) is 1. The highest BCUT2D eigenvalue weighted by Gasteiger charge is 2.29. The minimum Gasteiger partial charge on any atom is -0.478 e. The summed E-state index contributed by atoms with van der Waals surface area (Å²) in [6.45, 7) is 2.86. The number of nitrogens with two attached hydrogens (primary N) is 1. The lowest BCUT2D eigenvalue weighted by molar-refractivity contribution is -0.384. The number of carbonyl (C=O) groups is 2. The molecule has 0 aliphatic heterocycles. The van der Waals surface area contributed by atoms with Crippen LogP contribution in [0.5, 0.6) is 0 Å². The summed E-state index contributed by atoms with van der Waals surface area (Å²) in [5.74, 6) is -2.15. The summed E-state index contributed by atoms with van der Waals surface area (Å²) in [6, 6.07) is 1.85. The minimum atomic E-state index is -1.42. The van der Waals surface area contributed by atoms with Crippen molar-refractivity contribution in [1.29, 1.82) is 0 Å². The van der Waals surface area contributed by atoms with E-state index in [2.05, 4.69) is 5.32 Å². The monoisotopic (exact) mass is 301 g/mol. The van der Waals surface area contributed by atoms with Crippen LogP contribution in [0.3, 0.4) is 0 Å². The fourth-order valence-corrected chi connectivity index (χ4v) is 1.63. The van der Waals surface area contributed by atoms with Crippen molar-refractivity contribution in [2.24, 2.45) is 5.73 Å². The number of hydrogen-bond donors (Lipinski definition) is 3. The Morgan fingerprint density at radius 1 is 1.45 bits per heavy atom. The summed E-state index contributed by atoms with van der Waals surface area (Å²) in [4.78, 5) is 32.4. The maximum absolute atomic E-state index is 11.3. The lowest BCUT2D eigenvalue weighted by atomic mass is 10.0. The molecule has 0 fully saturated rings. The normalized spacial score (nSPS) is 10.9. The number of aromatic carboxylic acids is 1. The summed E-state index contributed by atoms with van der Waals surface area (Å²) in [6.07, 6.45) is 0. The third-order valence-corrected chi connectivity index (χ3v) is 2.87. The first-order valence-corrected chi connectivity index (χ1v) is 5.73. The molecule has 4 N–H and O–H groups in total. The van der Waals surface area contributed by atoms with Gasteiger partial charge in [-0.2, -0.15) is 0 Å². The van der Waals surface area contributed by atoms with Crippen LogP contribution in [0.15, 0.2) is 12.1 Å². The van der Waals surface area contributed by atoms with Gasteiger partial charge in [0.25, 0.3) is 5.69 Å². The number of halogens is 1. The first-order chi connectivity index (χ1) is 9.06. The first kappa shape index (κ1) is 15.7. The molecule has 0 aromatic heterocycles. The Morgan fingerprint density at radius 3 is 2.40 bits per heavy atom. The van der Waals surface area contributed by atoms with Crippen LogP contribution in [0.1, 0.15) is 24.2 Å². The van der Waals surface area contributed by atoms with Crippen molar-refractivity contribution in [3.63, 3.8) is 0 Å². The topological polar surface area (TPSA) is 136 Å². The van der Waals surface area contributed by atoms with Crippen LogP contribution in [0.2, 0.25) is 5.02 Å². The molecule has 0 bridgehead atoms. The largest absolute Gasteiger partial charge is 0.478 e. The van der Waals surface area contributed by atoms with Crippen molar-refractivity contribution in [3.8, 4) is 0 Å². The summed E-state index contributed by atoms with van der Waals surface area (Å²) in [5, 5.41) is 22.2. The van der Waals surface area contributed by atoms with E-state index < -0.39 is 33.6 Å². The van der Waals surface area contributed by atoms with Gasteiger partial charge in [0.15, 0.2) is 0 Å². The van der Waals surface area contributed by atoms with Gasteiger partial charge in [0, 0.05) is 12.1 Å². The number of amides is 1. The molecule has 0 aliphatic carbocycles. The molecule has 1 amide bonds. The van der Waals surface area contributed by atoms with Gasteiger partial charge in [-0.15, -0.1) is 0 Å². The molecule has 0 unspecified atom stereocenters. The van der Waals surface area contributed by atoms with Crippen molar-refractivity contribution in [2.45, 2.75) is 19.4 Å². The summed E-state index contributed by atoms with van der Waals surface area (Å²) in [7, 11) is 0. The van der Waals surface area contributed by atoms with E-state index in [0.717, 1.165) is 12.1 Å². The van der Waals surface area contributed by atoms with E-state index in [1.165, 1.54) is 13.8 Å². The molecule has 108 valence electrons. The lowest BCUT2D eigenvalue weighted by Gasteiger charge is -2.25. The zero-order chi connectivity index (χ0) is 15.7. The number of rotatable bonds is 5. The number of anilines is 1. The van der Waals surface area contributed by atoms with Crippen molar-refractivity contribution in [3.05, 3.63) is 32.8 Å². The SMILES string of the molecule is CC(C)(Nc1c(Cl)cc([N+](=O)[O-])cc1C(=O)O)C(N)=O. The average Bonchev–Trinajstić information content (AvgIpc) is 2.30. The Labute approximate surface area is 118 Å². The van der Waals surface area contributed by atoms with Crippen LogP contribution in [-0.4, -0.2) is 27.4 Å². The van der Waals surface area contributed by atoms with E-state index in [1.807, 2.05) is 0 Å². The maximum Gasteiger partial charge on any atom is 0.338 e. The molecule has 20 heavy (non-hydrogen) atoms. The highest BCUT2D eigenvalue weighted by Crippen LogP contribution is 2.33. The van der Waals surface area contributed by atoms with Crippen molar-refractivity contribution < 1.29 is 19.6 Å². The Morgan fingerprint density at radius 2 is 2.00 bits per heavy atom. The smallest absolute Gasteiger partial charge is 0.338 e. The summed E-state index contributed by atoms with van der Waals surface area (Å²) < 4.78 is 0. The Balaban J connectivity index is 3.43. The molecule has 8 nitrogen and oxygen atoms in total. The van der Waals surface area contributed by atoms with Gasteiger partial charge >= 0.3 is 5.97 Å². The van der Waals surface area contributed by atoms with Gasteiger partial charge < -0.3 is 16.2 Å². The number of nitro benzene ring substituents is 1. The fourth-order valence-electron chi connectivity index (χ4n) is 1.37. The molecular weight excluding hydrogens is 290 g/mol.